The van der Waals surface area contributed by atoms with Crippen molar-refractivity contribution < 1.29 is 4.79 Å². The third-order valence-electron chi connectivity index (χ3n) is 2.60. The van der Waals surface area contributed by atoms with Gasteiger partial charge in [-0.3, -0.25) is 4.79 Å². The molecule has 0 atom stereocenters. The maximum atomic E-state index is 11.8. The fourth-order valence-electron chi connectivity index (χ4n) is 1.60. The number of carbonyl (C=O) groups is 1. The quantitative estimate of drug-likeness (QED) is 0.895. The van der Waals surface area contributed by atoms with Crippen molar-refractivity contribution in [2.45, 2.75) is 13.8 Å². The highest BCUT2D eigenvalue weighted by Gasteiger charge is 2.05. The van der Waals surface area contributed by atoms with Gasteiger partial charge < -0.3 is 9.88 Å². The van der Waals surface area contributed by atoms with Crippen LogP contribution in [0, 0.1) is 5.92 Å². The Morgan fingerprint density at radius 3 is 2.61 bits per heavy atom. The summed E-state index contributed by atoms with van der Waals surface area (Å²) in [6, 6.07) is 7.47. The van der Waals surface area contributed by atoms with Crippen LogP contribution in [0.5, 0.6) is 0 Å². The number of amides is 1. The molecule has 2 rings (SSSR count). The molecule has 0 spiro atoms. The van der Waals surface area contributed by atoms with Gasteiger partial charge in [-0.25, -0.2) is 4.98 Å². The Morgan fingerprint density at radius 2 is 2.06 bits per heavy atom. The summed E-state index contributed by atoms with van der Waals surface area (Å²) < 4.78 is 1.90. The van der Waals surface area contributed by atoms with Crippen LogP contribution in [0.2, 0.25) is 0 Å². The molecule has 0 fully saturated rings. The van der Waals surface area contributed by atoms with Crippen LogP contribution in [0.1, 0.15) is 24.2 Å². The second-order valence-electron chi connectivity index (χ2n) is 4.62. The van der Waals surface area contributed by atoms with Crippen LogP contribution in [-0.2, 0) is 0 Å². The lowest BCUT2D eigenvalue weighted by molar-refractivity contribution is 0.0949. The smallest absolute Gasteiger partial charge is 0.251 e. The number of rotatable bonds is 4. The minimum Gasteiger partial charge on any atom is -0.352 e. The zero-order valence-corrected chi connectivity index (χ0v) is 10.6. The van der Waals surface area contributed by atoms with Crippen LogP contribution in [0.4, 0.5) is 0 Å². The van der Waals surface area contributed by atoms with Gasteiger partial charge in [-0.1, -0.05) is 13.8 Å². The van der Waals surface area contributed by atoms with Crippen LogP contribution in [0.15, 0.2) is 43.0 Å². The van der Waals surface area contributed by atoms with Gasteiger partial charge in [0.05, 0.1) is 6.33 Å². The van der Waals surface area contributed by atoms with Crippen molar-refractivity contribution in [2.75, 3.05) is 6.54 Å². The van der Waals surface area contributed by atoms with E-state index in [9.17, 15) is 4.79 Å². The molecule has 1 aromatic heterocycles. The molecule has 0 aliphatic carbocycles. The standard InChI is InChI=1S/C14H17N3O/c1-11(2)9-16-14(18)12-3-5-13(6-4-12)17-8-7-15-10-17/h3-8,10-11H,9H2,1-2H3,(H,16,18). The number of hydrogen-bond acceptors (Lipinski definition) is 2. The van der Waals surface area contributed by atoms with Crippen molar-refractivity contribution in [1.29, 1.82) is 0 Å². The molecule has 1 heterocycles. The van der Waals surface area contributed by atoms with Crippen molar-refractivity contribution in [3.8, 4) is 5.69 Å². The largest absolute Gasteiger partial charge is 0.352 e. The lowest BCUT2D eigenvalue weighted by atomic mass is 10.1. The molecule has 94 valence electrons. The van der Waals surface area contributed by atoms with Gasteiger partial charge >= 0.3 is 0 Å². The molecule has 1 amide bonds. The summed E-state index contributed by atoms with van der Waals surface area (Å²) >= 11 is 0. The molecule has 4 nitrogen and oxygen atoms in total. The molecule has 18 heavy (non-hydrogen) atoms. The third kappa shape index (κ3) is 2.97. The highest BCUT2D eigenvalue weighted by molar-refractivity contribution is 5.94. The SMILES string of the molecule is CC(C)CNC(=O)c1ccc(-n2ccnc2)cc1. The molecule has 1 N–H and O–H groups in total. The summed E-state index contributed by atoms with van der Waals surface area (Å²) in [7, 11) is 0. The first-order chi connectivity index (χ1) is 8.66. The van der Waals surface area contributed by atoms with Crippen molar-refractivity contribution in [2.24, 2.45) is 5.92 Å². The van der Waals surface area contributed by atoms with Gasteiger partial charge in [-0.2, -0.15) is 0 Å². The van der Waals surface area contributed by atoms with Crippen molar-refractivity contribution in [3.05, 3.63) is 48.5 Å². The first-order valence-corrected chi connectivity index (χ1v) is 6.03. The minimum atomic E-state index is -0.0270. The Bertz CT molecular complexity index is 500. The maximum absolute atomic E-state index is 11.8. The Balaban J connectivity index is 2.06. The fraction of sp³-hybridized carbons (Fsp3) is 0.286. The number of benzene rings is 1. The molecule has 0 aliphatic rings. The molecule has 0 saturated heterocycles. The fourth-order valence-corrected chi connectivity index (χ4v) is 1.60. The second kappa shape index (κ2) is 5.49. The molecular weight excluding hydrogens is 226 g/mol. The van der Waals surface area contributed by atoms with Gasteiger partial charge in [0.25, 0.3) is 5.91 Å². The molecule has 0 radical (unpaired) electrons. The molecule has 4 heteroatoms. The monoisotopic (exact) mass is 243 g/mol. The Labute approximate surface area is 107 Å². The summed E-state index contributed by atoms with van der Waals surface area (Å²) in [6.45, 7) is 4.84. The predicted molar refractivity (Wildman–Crippen MR) is 70.7 cm³/mol. The lowest BCUT2D eigenvalue weighted by Gasteiger charge is -2.08. The van der Waals surface area contributed by atoms with E-state index in [1.54, 1.807) is 12.5 Å². The predicted octanol–water partition coefficient (Wildman–Crippen LogP) is 2.26. The molecule has 0 bridgehead atoms. The van der Waals surface area contributed by atoms with Crippen LogP contribution in [0.3, 0.4) is 0 Å². The zero-order chi connectivity index (χ0) is 13.0. The van der Waals surface area contributed by atoms with Gasteiger partial charge in [-0.15, -0.1) is 0 Å². The highest BCUT2D eigenvalue weighted by Crippen LogP contribution is 2.09. The third-order valence-corrected chi connectivity index (χ3v) is 2.60. The van der Waals surface area contributed by atoms with E-state index in [2.05, 4.69) is 24.1 Å². The van der Waals surface area contributed by atoms with E-state index in [-0.39, 0.29) is 5.91 Å². The normalized spacial score (nSPS) is 10.6. The van der Waals surface area contributed by atoms with E-state index >= 15 is 0 Å². The number of aromatic nitrogens is 2. The Hall–Kier alpha value is -2.10. The first kappa shape index (κ1) is 12.4. The first-order valence-electron chi connectivity index (χ1n) is 6.03. The number of carbonyl (C=O) groups excluding carboxylic acids is 1. The Kier molecular flexibility index (Phi) is 3.77. The maximum Gasteiger partial charge on any atom is 0.251 e. The highest BCUT2D eigenvalue weighted by atomic mass is 16.1. The van der Waals surface area contributed by atoms with E-state index in [0.29, 0.717) is 18.0 Å². The van der Waals surface area contributed by atoms with E-state index < -0.39 is 0 Å². The average molecular weight is 243 g/mol. The van der Waals surface area contributed by atoms with E-state index in [1.165, 1.54) is 0 Å². The van der Waals surface area contributed by atoms with E-state index in [0.717, 1.165) is 5.69 Å². The minimum absolute atomic E-state index is 0.0270. The van der Waals surface area contributed by atoms with Crippen LogP contribution in [-0.4, -0.2) is 22.0 Å². The van der Waals surface area contributed by atoms with Gasteiger partial charge in [-0.05, 0) is 30.2 Å². The summed E-state index contributed by atoms with van der Waals surface area (Å²) in [5.74, 6) is 0.431. The molecule has 0 unspecified atom stereocenters. The molecular formula is C14H17N3O. The second-order valence-corrected chi connectivity index (χ2v) is 4.62. The number of nitrogens with one attached hydrogen (secondary N) is 1. The summed E-state index contributed by atoms with van der Waals surface area (Å²) in [5.41, 5.74) is 1.67. The lowest BCUT2D eigenvalue weighted by Crippen LogP contribution is -2.27. The molecule has 2 aromatic rings. The molecule has 0 aliphatic heterocycles. The summed E-state index contributed by atoms with van der Waals surface area (Å²) in [5, 5.41) is 2.89. The number of nitrogens with zero attached hydrogens (tertiary/aromatic N) is 2. The van der Waals surface area contributed by atoms with Crippen molar-refractivity contribution in [3.63, 3.8) is 0 Å². The van der Waals surface area contributed by atoms with E-state index in [4.69, 9.17) is 0 Å². The molecule has 1 aromatic carbocycles. The van der Waals surface area contributed by atoms with Crippen molar-refractivity contribution in [1.82, 2.24) is 14.9 Å². The van der Waals surface area contributed by atoms with Crippen LogP contribution in [0.25, 0.3) is 5.69 Å². The Morgan fingerprint density at radius 1 is 1.33 bits per heavy atom. The summed E-state index contributed by atoms with van der Waals surface area (Å²) in [4.78, 5) is 15.8. The van der Waals surface area contributed by atoms with Crippen LogP contribution >= 0.6 is 0 Å². The van der Waals surface area contributed by atoms with Crippen LogP contribution < -0.4 is 5.32 Å². The van der Waals surface area contributed by atoms with Crippen molar-refractivity contribution >= 4 is 5.91 Å². The number of imidazole rings is 1. The number of hydrogen-bond donors (Lipinski definition) is 1. The van der Waals surface area contributed by atoms with E-state index in [1.807, 2.05) is 35.0 Å². The zero-order valence-electron chi connectivity index (χ0n) is 10.6. The van der Waals surface area contributed by atoms with Gasteiger partial charge in [0.15, 0.2) is 0 Å². The van der Waals surface area contributed by atoms with Gasteiger partial charge in [0, 0.05) is 30.2 Å². The van der Waals surface area contributed by atoms with Gasteiger partial charge in [0.1, 0.15) is 0 Å². The summed E-state index contributed by atoms with van der Waals surface area (Å²) in [6.07, 6.45) is 5.32. The molecule has 0 saturated carbocycles. The van der Waals surface area contributed by atoms with Gasteiger partial charge in [0.2, 0.25) is 0 Å². The topological polar surface area (TPSA) is 46.9 Å². The average Bonchev–Trinajstić information content (AvgIpc) is 2.90.